The van der Waals surface area contributed by atoms with Gasteiger partial charge in [0.05, 0.1) is 4.90 Å². The molecule has 0 radical (unpaired) electrons. The van der Waals surface area contributed by atoms with Crippen molar-refractivity contribution in [1.29, 1.82) is 0 Å². The van der Waals surface area contributed by atoms with Crippen molar-refractivity contribution in [2.45, 2.75) is 11.3 Å². The number of rotatable bonds is 3. The van der Waals surface area contributed by atoms with Gasteiger partial charge in [0.25, 0.3) is 0 Å². The molecule has 0 aromatic heterocycles. The minimum atomic E-state index is -3.67. The van der Waals surface area contributed by atoms with E-state index in [9.17, 15) is 13.2 Å². The fourth-order valence-corrected chi connectivity index (χ4v) is 1.63. The lowest BCUT2D eigenvalue weighted by atomic mass is 10.2. The van der Waals surface area contributed by atoms with Crippen LogP contribution in [0.2, 0.25) is 0 Å². The molecule has 6 heteroatoms. The smallest absolute Gasteiger partial charge is 0.238 e. The Morgan fingerprint density at radius 2 is 1.79 bits per heavy atom. The molecule has 0 aliphatic rings. The molecule has 1 rings (SSSR count). The molecule has 0 saturated carbocycles. The van der Waals surface area contributed by atoms with Crippen molar-refractivity contribution in [2.75, 3.05) is 0 Å². The highest BCUT2D eigenvalue weighted by atomic mass is 35.5. The van der Waals surface area contributed by atoms with E-state index in [1.54, 1.807) is 0 Å². The van der Waals surface area contributed by atoms with E-state index in [2.05, 4.69) is 0 Å². The Bertz CT molecular complexity index is 438. The Hall–Kier alpha value is -0.910. The van der Waals surface area contributed by atoms with Crippen LogP contribution in [0.5, 0.6) is 0 Å². The number of nitrogens with two attached hydrogens (primary N) is 1. The number of benzene rings is 1. The molecule has 0 heterocycles. The van der Waals surface area contributed by atoms with Crippen LogP contribution in [0.4, 0.5) is 0 Å². The first-order valence-corrected chi connectivity index (χ1v) is 5.62. The Morgan fingerprint density at radius 3 is 2.14 bits per heavy atom. The molecule has 1 aromatic rings. The number of sulfonamides is 1. The Kier molecular flexibility index (Phi) is 3.25. The van der Waals surface area contributed by atoms with Crippen molar-refractivity contribution in [3.05, 3.63) is 29.8 Å². The molecular weight excluding hydrogens is 226 g/mol. The fourth-order valence-electron chi connectivity index (χ4n) is 0.957. The summed E-state index contributed by atoms with van der Waals surface area (Å²) in [5, 5.41) is 4.40. The summed E-state index contributed by atoms with van der Waals surface area (Å²) in [5.41, 5.74) is 0.650. The summed E-state index contributed by atoms with van der Waals surface area (Å²) >= 11 is 5.16. The van der Waals surface area contributed by atoms with Gasteiger partial charge in [0.15, 0.2) is 0 Å². The third kappa shape index (κ3) is 3.10. The average molecular weight is 234 g/mol. The van der Waals surface area contributed by atoms with Gasteiger partial charge in [-0.05, 0) is 29.3 Å². The van der Waals surface area contributed by atoms with Crippen LogP contribution in [0.25, 0.3) is 0 Å². The predicted molar refractivity (Wildman–Crippen MR) is 52.4 cm³/mol. The highest BCUT2D eigenvalue weighted by molar-refractivity contribution is 7.89. The molecule has 0 spiro atoms. The van der Waals surface area contributed by atoms with E-state index in [0.717, 1.165) is 0 Å². The fraction of sp³-hybridized carbons (Fsp3) is 0.125. The van der Waals surface area contributed by atoms with E-state index >= 15 is 0 Å². The molecule has 0 unspecified atom stereocenters. The van der Waals surface area contributed by atoms with Crippen LogP contribution in [0.3, 0.4) is 0 Å². The second kappa shape index (κ2) is 4.08. The molecule has 0 saturated heterocycles. The minimum absolute atomic E-state index is 0.0169. The molecule has 76 valence electrons. The number of carbonyl (C=O) groups is 1. The molecule has 0 atom stereocenters. The van der Waals surface area contributed by atoms with Gasteiger partial charge in [0, 0.05) is 6.42 Å². The van der Waals surface area contributed by atoms with Crippen molar-refractivity contribution < 1.29 is 13.2 Å². The quantitative estimate of drug-likeness (QED) is 0.779. The summed E-state index contributed by atoms with van der Waals surface area (Å²) in [5.74, 6) is 0. The van der Waals surface area contributed by atoms with Gasteiger partial charge in [0.2, 0.25) is 15.3 Å². The molecule has 14 heavy (non-hydrogen) atoms. The van der Waals surface area contributed by atoms with Crippen LogP contribution in [-0.4, -0.2) is 13.7 Å². The first kappa shape index (κ1) is 11.2. The van der Waals surface area contributed by atoms with Gasteiger partial charge in [0.1, 0.15) is 0 Å². The summed E-state index contributed by atoms with van der Waals surface area (Å²) in [4.78, 5) is 10.5. The van der Waals surface area contributed by atoms with E-state index < -0.39 is 15.3 Å². The molecule has 0 aliphatic carbocycles. The summed E-state index contributed by atoms with van der Waals surface area (Å²) in [6.45, 7) is 0. The van der Waals surface area contributed by atoms with E-state index in [1.165, 1.54) is 24.3 Å². The van der Waals surface area contributed by atoms with Crippen LogP contribution in [0.1, 0.15) is 5.56 Å². The van der Waals surface area contributed by atoms with Gasteiger partial charge in [-0.25, -0.2) is 13.6 Å². The highest BCUT2D eigenvalue weighted by Gasteiger charge is 2.07. The standard InChI is InChI=1S/C8H8ClNO3S/c9-8(11)5-6-1-3-7(4-2-6)14(10,12)13/h1-4H,5H2,(H2,10,12,13). The number of halogens is 1. The van der Waals surface area contributed by atoms with Crippen LogP contribution in [0.15, 0.2) is 29.2 Å². The van der Waals surface area contributed by atoms with Gasteiger partial charge >= 0.3 is 0 Å². The van der Waals surface area contributed by atoms with Crippen LogP contribution in [0, 0.1) is 0 Å². The van der Waals surface area contributed by atoms with Crippen molar-refractivity contribution in [3.8, 4) is 0 Å². The maximum atomic E-state index is 10.9. The van der Waals surface area contributed by atoms with Crippen molar-refractivity contribution in [2.24, 2.45) is 5.14 Å². The second-order valence-corrected chi connectivity index (χ2v) is 4.70. The third-order valence-corrected chi connectivity index (χ3v) is 2.66. The lowest BCUT2D eigenvalue weighted by molar-refractivity contribution is -0.111. The number of hydrogen-bond donors (Lipinski definition) is 1. The summed E-state index contributed by atoms with van der Waals surface area (Å²) < 4.78 is 21.7. The minimum Gasteiger partial charge on any atom is -0.281 e. The normalized spacial score (nSPS) is 11.3. The molecule has 0 fully saturated rings. The van der Waals surface area contributed by atoms with Crippen molar-refractivity contribution in [3.63, 3.8) is 0 Å². The maximum Gasteiger partial charge on any atom is 0.238 e. The van der Waals surface area contributed by atoms with E-state index in [4.69, 9.17) is 16.7 Å². The number of primary sulfonamides is 1. The summed E-state index contributed by atoms with van der Waals surface area (Å²) in [6, 6.07) is 5.68. The molecule has 1 aromatic carbocycles. The average Bonchev–Trinajstić information content (AvgIpc) is 2.02. The maximum absolute atomic E-state index is 10.9. The predicted octanol–water partition coefficient (Wildman–Crippen LogP) is 0.642. The van der Waals surface area contributed by atoms with Crippen molar-refractivity contribution in [1.82, 2.24) is 0 Å². The van der Waals surface area contributed by atoms with Crippen LogP contribution < -0.4 is 5.14 Å². The van der Waals surface area contributed by atoms with Crippen molar-refractivity contribution >= 4 is 26.9 Å². The molecular formula is C8H8ClNO3S. The topological polar surface area (TPSA) is 77.2 Å². The first-order valence-electron chi connectivity index (χ1n) is 3.69. The second-order valence-electron chi connectivity index (χ2n) is 2.72. The Balaban J connectivity index is 2.95. The van der Waals surface area contributed by atoms with E-state index in [-0.39, 0.29) is 11.3 Å². The van der Waals surface area contributed by atoms with Gasteiger partial charge in [-0.1, -0.05) is 12.1 Å². The summed E-state index contributed by atoms with van der Waals surface area (Å²) in [7, 11) is -3.67. The zero-order valence-electron chi connectivity index (χ0n) is 7.10. The van der Waals surface area contributed by atoms with Crippen LogP contribution in [-0.2, 0) is 21.2 Å². The SMILES string of the molecule is NS(=O)(=O)c1ccc(CC(=O)Cl)cc1. The third-order valence-electron chi connectivity index (χ3n) is 1.59. The molecule has 2 N–H and O–H groups in total. The Labute approximate surface area is 86.7 Å². The number of carbonyl (C=O) groups excluding carboxylic acids is 1. The van der Waals surface area contributed by atoms with E-state index in [0.29, 0.717) is 5.56 Å². The Morgan fingerprint density at radius 1 is 1.29 bits per heavy atom. The highest BCUT2D eigenvalue weighted by Crippen LogP contribution is 2.09. The number of hydrogen-bond acceptors (Lipinski definition) is 3. The lowest BCUT2D eigenvalue weighted by Crippen LogP contribution is -2.12. The largest absolute Gasteiger partial charge is 0.281 e. The van der Waals surface area contributed by atoms with Crippen LogP contribution >= 0.6 is 11.6 Å². The molecule has 0 aliphatic heterocycles. The zero-order chi connectivity index (χ0) is 10.8. The summed E-state index contributed by atoms with van der Waals surface area (Å²) in [6.07, 6.45) is 0.0758. The van der Waals surface area contributed by atoms with Gasteiger partial charge < -0.3 is 0 Å². The van der Waals surface area contributed by atoms with E-state index in [1.807, 2.05) is 0 Å². The zero-order valence-corrected chi connectivity index (χ0v) is 8.68. The lowest BCUT2D eigenvalue weighted by Gasteiger charge is -1.99. The van der Waals surface area contributed by atoms with Gasteiger partial charge in [-0.2, -0.15) is 0 Å². The monoisotopic (exact) mass is 233 g/mol. The molecule has 0 amide bonds. The molecule has 0 bridgehead atoms. The first-order chi connectivity index (χ1) is 6.39. The van der Waals surface area contributed by atoms with Gasteiger partial charge in [-0.15, -0.1) is 0 Å². The molecule has 4 nitrogen and oxygen atoms in total. The van der Waals surface area contributed by atoms with Gasteiger partial charge in [-0.3, -0.25) is 4.79 Å².